The lowest BCUT2D eigenvalue weighted by Crippen LogP contribution is -2.32. The standard InChI is InChI=1S/C15H18N2O5S/c1-9-7-12(5-6-14(9)21-4)23(19,20)17-15(18)8-13-10(2)16-22-11(13)3/h5-7H,8H2,1-4H3,(H,17,18). The van der Waals surface area contributed by atoms with Crippen LogP contribution in [0.4, 0.5) is 0 Å². The summed E-state index contributed by atoms with van der Waals surface area (Å²) < 4.78 is 36.7. The molecule has 1 aromatic heterocycles. The molecule has 1 aromatic carbocycles. The third-order valence-corrected chi connectivity index (χ3v) is 4.81. The second-order valence-corrected chi connectivity index (χ2v) is 6.82. The number of carbonyl (C=O) groups excluding carboxylic acids is 1. The van der Waals surface area contributed by atoms with Gasteiger partial charge in [0.05, 0.1) is 24.1 Å². The predicted molar refractivity (Wildman–Crippen MR) is 82.7 cm³/mol. The fourth-order valence-corrected chi connectivity index (χ4v) is 3.25. The number of aryl methyl sites for hydroxylation is 3. The fraction of sp³-hybridized carbons (Fsp3) is 0.333. The summed E-state index contributed by atoms with van der Waals surface area (Å²) in [6, 6.07) is 4.38. The highest BCUT2D eigenvalue weighted by Crippen LogP contribution is 2.21. The molecule has 0 saturated heterocycles. The van der Waals surface area contributed by atoms with Crippen LogP contribution >= 0.6 is 0 Å². The van der Waals surface area contributed by atoms with Gasteiger partial charge in [-0.25, -0.2) is 13.1 Å². The van der Waals surface area contributed by atoms with E-state index in [-0.39, 0.29) is 11.3 Å². The van der Waals surface area contributed by atoms with E-state index in [0.717, 1.165) is 0 Å². The van der Waals surface area contributed by atoms with Crippen molar-refractivity contribution in [3.8, 4) is 5.75 Å². The van der Waals surface area contributed by atoms with E-state index in [1.165, 1.54) is 19.2 Å². The summed E-state index contributed by atoms with van der Waals surface area (Å²) >= 11 is 0. The molecular weight excluding hydrogens is 320 g/mol. The summed E-state index contributed by atoms with van der Waals surface area (Å²) in [5.41, 5.74) is 1.81. The number of carbonyl (C=O) groups is 1. The number of nitrogens with one attached hydrogen (secondary N) is 1. The van der Waals surface area contributed by atoms with Crippen LogP contribution in [0.25, 0.3) is 0 Å². The molecule has 2 aromatic rings. The molecule has 7 nitrogen and oxygen atoms in total. The van der Waals surface area contributed by atoms with Crippen molar-refractivity contribution in [2.24, 2.45) is 0 Å². The molecule has 8 heteroatoms. The van der Waals surface area contributed by atoms with Crippen LogP contribution in [0.3, 0.4) is 0 Å². The molecule has 0 spiro atoms. The Kier molecular flexibility index (Phi) is 4.74. The van der Waals surface area contributed by atoms with Crippen LogP contribution in [-0.4, -0.2) is 26.6 Å². The summed E-state index contributed by atoms with van der Waals surface area (Å²) in [4.78, 5) is 12.0. The van der Waals surface area contributed by atoms with Gasteiger partial charge in [-0.05, 0) is 44.5 Å². The molecular formula is C15H18N2O5S. The molecule has 0 fully saturated rings. The maximum Gasteiger partial charge on any atom is 0.264 e. The van der Waals surface area contributed by atoms with Crippen LogP contribution in [0, 0.1) is 20.8 Å². The number of ether oxygens (including phenoxy) is 1. The van der Waals surface area contributed by atoms with Gasteiger partial charge in [-0.3, -0.25) is 4.79 Å². The van der Waals surface area contributed by atoms with Crippen molar-refractivity contribution in [2.75, 3.05) is 7.11 Å². The van der Waals surface area contributed by atoms with Crippen LogP contribution in [0.5, 0.6) is 5.75 Å². The van der Waals surface area contributed by atoms with E-state index < -0.39 is 15.9 Å². The van der Waals surface area contributed by atoms with E-state index >= 15 is 0 Å². The van der Waals surface area contributed by atoms with Crippen LogP contribution in [0.15, 0.2) is 27.6 Å². The molecule has 0 unspecified atom stereocenters. The number of methoxy groups -OCH3 is 1. The maximum absolute atomic E-state index is 12.3. The third kappa shape index (κ3) is 3.70. The summed E-state index contributed by atoms with van der Waals surface area (Å²) in [5, 5.41) is 3.74. The molecule has 0 aliphatic carbocycles. The molecule has 0 radical (unpaired) electrons. The number of benzene rings is 1. The monoisotopic (exact) mass is 338 g/mol. The van der Waals surface area contributed by atoms with Gasteiger partial charge in [0.25, 0.3) is 10.0 Å². The number of hydrogen-bond acceptors (Lipinski definition) is 6. The molecule has 1 heterocycles. The first-order valence-electron chi connectivity index (χ1n) is 6.86. The first-order chi connectivity index (χ1) is 10.7. The van der Waals surface area contributed by atoms with Crippen molar-refractivity contribution in [1.82, 2.24) is 9.88 Å². The van der Waals surface area contributed by atoms with E-state index in [4.69, 9.17) is 9.26 Å². The minimum Gasteiger partial charge on any atom is -0.496 e. The molecule has 1 N–H and O–H groups in total. The van der Waals surface area contributed by atoms with E-state index in [0.29, 0.717) is 28.3 Å². The zero-order valence-electron chi connectivity index (χ0n) is 13.3. The lowest BCUT2D eigenvalue weighted by molar-refractivity contribution is -0.118. The van der Waals surface area contributed by atoms with Crippen molar-refractivity contribution in [2.45, 2.75) is 32.1 Å². The van der Waals surface area contributed by atoms with Crippen LogP contribution in [-0.2, 0) is 21.2 Å². The molecule has 23 heavy (non-hydrogen) atoms. The lowest BCUT2D eigenvalue weighted by atomic mass is 10.1. The molecule has 2 rings (SSSR count). The number of amides is 1. The molecule has 0 aliphatic rings. The zero-order valence-corrected chi connectivity index (χ0v) is 14.2. The Morgan fingerprint density at radius 3 is 2.52 bits per heavy atom. The Hall–Kier alpha value is -2.35. The molecule has 0 atom stereocenters. The van der Waals surface area contributed by atoms with Gasteiger partial charge in [0.1, 0.15) is 11.5 Å². The first-order valence-corrected chi connectivity index (χ1v) is 8.35. The average Bonchev–Trinajstić information content (AvgIpc) is 2.78. The molecule has 0 saturated carbocycles. The fourth-order valence-electron chi connectivity index (χ4n) is 2.18. The van der Waals surface area contributed by atoms with Gasteiger partial charge in [-0.2, -0.15) is 0 Å². The summed E-state index contributed by atoms with van der Waals surface area (Å²) in [5.74, 6) is 0.425. The molecule has 0 bridgehead atoms. The summed E-state index contributed by atoms with van der Waals surface area (Å²) in [6.45, 7) is 5.09. The first kappa shape index (κ1) is 17.0. The van der Waals surface area contributed by atoms with Crippen LogP contribution < -0.4 is 9.46 Å². The van der Waals surface area contributed by atoms with E-state index in [9.17, 15) is 13.2 Å². The molecule has 1 amide bonds. The van der Waals surface area contributed by atoms with Crippen molar-refractivity contribution in [1.29, 1.82) is 0 Å². The van der Waals surface area contributed by atoms with Gasteiger partial charge in [-0.1, -0.05) is 5.16 Å². The SMILES string of the molecule is COc1ccc(S(=O)(=O)NC(=O)Cc2c(C)noc2C)cc1C. The number of aromatic nitrogens is 1. The van der Waals surface area contributed by atoms with Gasteiger partial charge >= 0.3 is 0 Å². The Labute approximate surface area is 134 Å². The predicted octanol–water partition coefficient (Wildman–Crippen LogP) is 1.66. The Bertz CT molecular complexity index is 820. The Balaban J connectivity index is 2.18. The van der Waals surface area contributed by atoms with Gasteiger partial charge in [0.2, 0.25) is 5.91 Å². The summed E-state index contributed by atoms with van der Waals surface area (Å²) in [6.07, 6.45) is -0.116. The minimum absolute atomic E-state index is 0.00270. The third-order valence-electron chi connectivity index (χ3n) is 3.44. The maximum atomic E-state index is 12.3. The molecule has 124 valence electrons. The second-order valence-electron chi connectivity index (χ2n) is 5.14. The lowest BCUT2D eigenvalue weighted by Gasteiger charge is -2.09. The Morgan fingerprint density at radius 1 is 1.30 bits per heavy atom. The topological polar surface area (TPSA) is 98.5 Å². The minimum atomic E-state index is -3.94. The van der Waals surface area contributed by atoms with Crippen molar-refractivity contribution >= 4 is 15.9 Å². The van der Waals surface area contributed by atoms with Gasteiger partial charge < -0.3 is 9.26 Å². The van der Waals surface area contributed by atoms with E-state index in [1.807, 2.05) is 0 Å². The van der Waals surface area contributed by atoms with Gasteiger partial charge in [-0.15, -0.1) is 0 Å². The van der Waals surface area contributed by atoms with Crippen LogP contribution in [0.1, 0.15) is 22.6 Å². The molecule has 0 aliphatic heterocycles. The highest BCUT2D eigenvalue weighted by molar-refractivity contribution is 7.90. The number of hydrogen-bond donors (Lipinski definition) is 1. The van der Waals surface area contributed by atoms with Crippen molar-refractivity contribution in [3.05, 3.63) is 40.8 Å². The van der Waals surface area contributed by atoms with Crippen molar-refractivity contribution in [3.63, 3.8) is 0 Å². The van der Waals surface area contributed by atoms with E-state index in [1.54, 1.807) is 26.8 Å². The zero-order chi connectivity index (χ0) is 17.2. The normalized spacial score (nSPS) is 11.3. The number of sulfonamides is 1. The van der Waals surface area contributed by atoms with Gasteiger partial charge in [0, 0.05) is 5.56 Å². The van der Waals surface area contributed by atoms with Crippen molar-refractivity contribution < 1.29 is 22.5 Å². The van der Waals surface area contributed by atoms with E-state index in [2.05, 4.69) is 9.88 Å². The number of rotatable bonds is 5. The summed E-state index contributed by atoms with van der Waals surface area (Å²) in [7, 11) is -2.44. The van der Waals surface area contributed by atoms with Gasteiger partial charge in [0.15, 0.2) is 0 Å². The quantitative estimate of drug-likeness (QED) is 0.890. The van der Waals surface area contributed by atoms with Crippen LogP contribution in [0.2, 0.25) is 0 Å². The smallest absolute Gasteiger partial charge is 0.264 e. The number of nitrogens with zero attached hydrogens (tertiary/aromatic N) is 1. The largest absolute Gasteiger partial charge is 0.496 e. The average molecular weight is 338 g/mol. The second kappa shape index (κ2) is 6.41. The Morgan fingerprint density at radius 2 is 2.00 bits per heavy atom. The highest BCUT2D eigenvalue weighted by Gasteiger charge is 2.21. The highest BCUT2D eigenvalue weighted by atomic mass is 32.2.